The average Bonchev–Trinajstić information content (AvgIpc) is 3.24. The van der Waals surface area contributed by atoms with E-state index in [9.17, 15) is 14.9 Å². The van der Waals surface area contributed by atoms with Crippen LogP contribution in [0.4, 0.5) is 5.69 Å². The lowest BCUT2D eigenvalue weighted by molar-refractivity contribution is 0.0953. The highest BCUT2D eigenvalue weighted by Crippen LogP contribution is 2.41. The third-order valence-electron chi connectivity index (χ3n) is 7.67. The Balaban J connectivity index is 1.65. The molecule has 0 aliphatic carbocycles. The van der Waals surface area contributed by atoms with E-state index in [1.54, 1.807) is 31.2 Å². The first-order valence-corrected chi connectivity index (χ1v) is 13.8. The normalized spacial score (nSPS) is 15.5. The number of Topliss-reactive ketones (excluding diaryl/α,β-unsaturated/α-hetero) is 1. The molecule has 0 unspecified atom stereocenters. The van der Waals surface area contributed by atoms with E-state index < -0.39 is 0 Å². The Morgan fingerprint density at radius 2 is 1.88 bits per heavy atom. The number of ketones is 1. The van der Waals surface area contributed by atoms with Gasteiger partial charge in [-0.15, -0.1) is 0 Å². The number of carbonyl (C=O) groups is 2. The van der Waals surface area contributed by atoms with Crippen molar-refractivity contribution < 1.29 is 19.1 Å². The molecule has 0 atom stereocenters. The number of benzene rings is 2. The summed E-state index contributed by atoms with van der Waals surface area (Å²) >= 11 is 0. The van der Waals surface area contributed by atoms with Crippen molar-refractivity contribution in [2.45, 2.75) is 52.5 Å². The van der Waals surface area contributed by atoms with Gasteiger partial charge >= 0.3 is 0 Å². The van der Waals surface area contributed by atoms with Gasteiger partial charge in [0.2, 0.25) is 0 Å². The molecule has 9 heteroatoms. The number of hydrogen-bond acceptors (Lipinski definition) is 7. The first-order chi connectivity index (χ1) is 19.0. The zero-order chi connectivity index (χ0) is 29.2. The molecule has 0 spiro atoms. The fourth-order valence-corrected chi connectivity index (χ4v) is 5.45. The SMILES string of the molecule is CCOc1cc2c(cc1C(=O)NC)C(=N)N(CC(=O)c1cc(N3CCC(C#N)CC3)c(OC)c(C(C)(C)C)c1)C2. The van der Waals surface area contributed by atoms with Crippen molar-refractivity contribution in [1.29, 1.82) is 10.7 Å². The van der Waals surface area contributed by atoms with Crippen LogP contribution in [0.1, 0.15) is 77.9 Å². The zero-order valence-corrected chi connectivity index (χ0v) is 24.3. The Bertz CT molecular complexity index is 1360. The van der Waals surface area contributed by atoms with Crippen molar-refractivity contribution in [2.75, 3.05) is 45.3 Å². The molecule has 2 aliphatic heterocycles. The van der Waals surface area contributed by atoms with Gasteiger partial charge in [-0.2, -0.15) is 5.26 Å². The molecule has 40 heavy (non-hydrogen) atoms. The highest BCUT2D eigenvalue weighted by Gasteiger charge is 2.32. The van der Waals surface area contributed by atoms with Gasteiger partial charge in [0, 0.05) is 49.3 Å². The number of carbonyl (C=O) groups excluding carboxylic acids is 2. The van der Waals surface area contributed by atoms with Crippen molar-refractivity contribution in [3.8, 4) is 17.6 Å². The van der Waals surface area contributed by atoms with Gasteiger partial charge in [-0.25, -0.2) is 0 Å². The maximum atomic E-state index is 13.8. The zero-order valence-electron chi connectivity index (χ0n) is 24.3. The Morgan fingerprint density at radius 1 is 1.18 bits per heavy atom. The summed E-state index contributed by atoms with van der Waals surface area (Å²) in [5.41, 5.74) is 3.94. The molecular formula is C31H39N5O4. The van der Waals surface area contributed by atoms with Crippen LogP contribution < -0.4 is 19.7 Å². The summed E-state index contributed by atoms with van der Waals surface area (Å²) in [6.07, 6.45) is 1.54. The quantitative estimate of drug-likeness (QED) is 0.468. The summed E-state index contributed by atoms with van der Waals surface area (Å²) in [7, 11) is 3.21. The number of nitrogens with one attached hydrogen (secondary N) is 2. The van der Waals surface area contributed by atoms with Crippen molar-refractivity contribution >= 4 is 23.2 Å². The number of methoxy groups -OCH3 is 1. The average molecular weight is 546 g/mol. The summed E-state index contributed by atoms with van der Waals surface area (Å²) < 4.78 is 11.6. The first-order valence-electron chi connectivity index (χ1n) is 13.8. The van der Waals surface area contributed by atoms with Crippen LogP contribution in [-0.4, -0.2) is 62.8 Å². The Kier molecular flexibility index (Phi) is 8.38. The largest absolute Gasteiger partial charge is 0.494 e. The molecule has 2 N–H and O–H groups in total. The van der Waals surface area contributed by atoms with Gasteiger partial charge in [0.1, 0.15) is 17.3 Å². The molecular weight excluding hydrogens is 506 g/mol. The second-order valence-electron chi connectivity index (χ2n) is 11.4. The van der Waals surface area contributed by atoms with Crippen LogP contribution in [0.2, 0.25) is 0 Å². The summed E-state index contributed by atoms with van der Waals surface area (Å²) in [6.45, 7) is 10.4. The van der Waals surface area contributed by atoms with E-state index in [-0.39, 0.29) is 35.4 Å². The molecule has 0 saturated carbocycles. The lowest BCUT2D eigenvalue weighted by Crippen LogP contribution is -2.34. The van der Waals surface area contributed by atoms with Crippen LogP contribution >= 0.6 is 0 Å². The van der Waals surface area contributed by atoms with Crippen LogP contribution in [0.5, 0.6) is 11.5 Å². The molecule has 0 aromatic heterocycles. The number of hydrogen-bond donors (Lipinski definition) is 2. The molecule has 1 amide bonds. The van der Waals surface area contributed by atoms with Crippen molar-refractivity contribution in [2.24, 2.45) is 5.92 Å². The van der Waals surface area contributed by atoms with Gasteiger partial charge in [0.15, 0.2) is 5.78 Å². The van der Waals surface area contributed by atoms with E-state index in [1.807, 2.05) is 19.1 Å². The van der Waals surface area contributed by atoms with Crippen molar-refractivity contribution in [1.82, 2.24) is 10.2 Å². The maximum absolute atomic E-state index is 13.8. The maximum Gasteiger partial charge on any atom is 0.254 e. The molecule has 2 aromatic rings. The smallest absolute Gasteiger partial charge is 0.254 e. The number of amides is 1. The minimum Gasteiger partial charge on any atom is -0.494 e. The molecule has 0 radical (unpaired) electrons. The highest BCUT2D eigenvalue weighted by atomic mass is 16.5. The Morgan fingerprint density at radius 3 is 2.45 bits per heavy atom. The van der Waals surface area contributed by atoms with E-state index in [1.165, 1.54) is 0 Å². The van der Waals surface area contributed by atoms with E-state index in [0.29, 0.717) is 35.6 Å². The van der Waals surface area contributed by atoms with E-state index in [4.69, 9.17) is 14.9 Å². The molecule has 9 nitrogen and oxygen atoms in total. The first kappa shape index (κ1) is 28.9. The molecule has 2 aromatic carbocycles. The summed E-state index contributed by atoms with van der Waals surface area (Å²) in [4.78, 5) is 30.2. The van der Waals surface area contributed by atoms with Gasteiger partial charge in [-0.05, 0) is 55.0 Å². The third kappa shape index (κ3) is 5.62. The van der Waals surface area contributed by atoms with Crippen LogP contribution in [0, 0.1) is 22.7 Å². The number of rotatable bonds is 8. The Hall–Kier alpha value is -4.06. The van der Waals surface area contributed by atoms with Gasteiger partial charge in [-0.3, -0.25) is 15.0 Å². The monoisotopic (exact) mass is 545 g/mol. The molecule has 2 heterocycles. The predicted molar refractivity (Wildman–Crippen MR) is 155 cm³/mol. The topological polar surface area (TPSA) is 119 Å². The number of nitriles is 1. The number of anilines is 1. The number of ether oxygens (including phenoxy) is 2. The third-order valence-corrected chi connectivity index (χ3v) is 7.67. The van der Waals surface area contributed by atoms with Crippen LogP contribution in [0.3, 0.4) is 0 Å². The number of piperidine rings is 1. The van der Waals surface area contributed by atoms with Crippen molar-refractivity contribution in [3.05, 3.63) is 52.1 Å². The lowest BCUT2D eigenvalue weighted by Gasteiger charge is -2.34. The lowest BCUT2D eigenvalue weighted by atomic mass is 9.84. The fourth-order valence-electron chi connectivity index (χ4n) is 5.45. The van der Waals surface area contributed by atoms with Gasteiger partial charge in [0.25, 0.3) is 5.91 Å². The second-order valence-corrected chi connectivity index (χ2v) is 11.4. The highest BCUT2D eigenvalue weighted by molar-refractivity contribution is 6.08. The van der Waals surface area contributed by atoms with Crippen molar-refractivity contribution in [3.63, 3.8) is 0 Å². The number of fused-ring (bicyclic) bond motifs is 1. The van der Waals surface area contributed by atoms with Gasteiger partial charge in [-0.1, -0.05) is 20.8 Å². The summed E-state index contributed by atoms with van der Waals surface area (Å²) in [5, 5.41) is 20.8. The fraction of sp³-hybridized carbons (Fsp3) is 0.484. The molecule has 0 bridgehead atoms. The van der Waals surface area contributed by atoms with E-state index >= 15 is 0 Å². The van der Waals surface area contributed by atoms with Crippen LogP contribution in [0.15, 0.2) is 24.3 Å². The Labute approximate surface area is 236 Å². The standard InChI is InChI=1S/C31H39N5O4/c1-7-40-27-14-21-17-36(29(33)22(21)15-23(27)30(38)34-5)18-26(37)20-12-24(31(2,3)4)28(39-6)25(13-20)35-10-8-19(16-32)9-11-35/h12-15,19,33H,7-11,17-18H2,1-6H3,(H,34,38). The van der Waals surface area contributed by atoms with Gasteiger partial charge in [0.05, 0.1) is 37.6 Å². The van der Waals surface area contributed by atoms with E-state index in [0.717, 1.165) is 48.5 Å². The number of nitrogens with zero attached hydrogens (tertiary/aromatic N) is 3. The van der Waals surface area contributed by atoms with Gasteiger partial charge < -0.3 is 24.6 Å². The second kappa shape index (κ2) is 11.6. The number of amidine groups is 1. The van der Waals surface area contributed by atoms with Crippen LogP contribution in [-0.2, 0) is 12.0 Å². The molecule has 1 fully saturated rings. The van der Waals surface area contributed by atoms with E-state index in [2.05, 4.69) is 37.1 Å². The molecule has 1 saturated heterocycles. The summed E-state index contributed by atoms with van der Waals surface area (Å²) in [5.74, 6) is 1.09. The molecule has 2 aliphatic rings. The molecule has 212 valence electrons. The summed E-state index contributed by atoms with van der Waals surface area (Å²) in [6, 6.07) is 9.67. The molecule has 4 rings (SSSR count). The minimum atomic E-state index is -0.284. The minimum absolute atomic E-state index is 0.0264. The predicted octanol–water partition coefficient (Wildman–Crippen LogP) is 4.51. The van der Waals surface area contributed by atoms with Crippen LogP contribution in [0.25, 0.3) is 0 Å².